The maximum absolute atomic E-state index is 13.2. The Hall–Kier alpha value is -3.12. The normalized spacial score (nSPS) is 16.7. The molecule has 2 aromatic carbocycles. The van der Waals surface area contributed by atoms with Crippen molar-refractivity contribution in [1.82, 2.24) is 9.88 Å². The van der Waals surface area contributed by atoms with Gasteiger partial charge in [-0.25, -0.2) is 4.98 Å². The Morgan fingerprint density at radius 2 is 1.90 bits per heavy atom. The fourth-order valence-electron chi connectivity index (χ4n) is 4.31. The maximum atomic E-state index is 13.2. The van der Waals surface area contributed by atoms with Gasteiger partial charge in [-0.2, -0.15) is 0 Å². The van der Waals surface area contributed by atoms with E-state index in [2.05, 4.69) is 0 Å². The van der Waals surface area contributed by atoms with Gasteiger partial charge >= 0.3 is 0 Å². The molecular weight excluding hydrogens is 392 g/mol. The number of methoxy groups -OCH3 is 1. The van der Waals surface area contributed by atoms with Crippen LogP contribution in [0.3, 0.4) is 0 Å². The van der Waals surface area contributed by atoms with Crippen molar-refractivity contribution in [3.05, 3.63) is 71.4 Å². The van der Waals surface area contributed by atoms with Gasteiger partial charge in [0.15, 0.2) is 5.89 Å². The van der Waals surface area contributed by atoms with Gasteiger partial charge in [0.05, 0.1) is 13.7 Å². The Morgan fingerprint density at radius 3 is 2.68 bits per heavy atom. The summed E-state index contributed by atoms with van der Waals surface area (Å²) >= 11 is 0. The van der Waals surface area contributed by atoms with Gasteiger partial charge in [0, 0.05) is 37.7 Å². The number of oxazole rings is 1. The third kappa shape index (κ3) is 4.08. The van der Waals surface area contributed by atoms with E-state index in [0.717, 1.165) is 60.3 Å². The van der Waals surface area contributed by atoms with E-state index in [0.29, 0.717) is 31.0 Å². The summed E-state index contributed by atoms with van der Waals surface area (Å²) in [5, 5.41) is 0. The summed E-state index contributed by atoms with van der Waals surface area (Å²) in [5.74, 6) is 2.90. The molecular formula is C25H26N2O4. The van der Waals surface area contributed by atoms with E-state index in [-0.39, 0.29) is 5.91 Å². The molecule has 5 rings (SSSR count). The first-order valence-corrected chi connectivity index (χ1v) is 10.8. The van der Waals surface area contributed by atoms with Gasteiger partial charge in [0.25, 0.3) is 5.91 Å². The zero-order valence-electron chi connectivity index (χ0n) is 17.7. The lowest BCUT2D eigenvalue weighted by Gasteiger charge is -2.25. The molecule has 0 radical (unpaired) electrons. The Bertz CT molecular complexity index is 1070. The summed E-state index contributed by atoms with van der Waals surface area (Å²) in [5.41, 5.74) is 3.64. The highest BCUT2D eigenvalue weighted by molar-refractivity contribution is 5.95. The molecule has 6 heteroatoms. The fourth-order valence-corrected chi connectivity index (χ4v) is 4.31. The van der Waals surface area contributed by atoms with Crippen LogP contribution in [-0.4, -0.2) is 42.7 Å². The molecule has 1 aromatic heterocycles. The Morgan fingerprint density at radius 1 is 1.10 bits per heavy atom. The molecule has 1 fully saturated rings. The number of rotatable bonds is 4. The van der Waals surface area contributed by atoms with Crippen molar-refractivity contribution >= 4 is 5.91 Å². The minimum absolute atomic E-state index is 0.0247. The van der Waals surface area contributed by atoms with Crippen molar-refractivity contribution in [2.75, 3.05) is 26.9 Å². The van der Waals surface area contributed by atoms with Crippen LogP contribution in [0.15, 0.2) is 52.9 Å². The molecule has 0 spiro atoms. The van der Waals surface area contributed by atoms with E-state index in [9.17, 15) is 4.79 Å². The van der Waals surface area contributed by atoms with Crippen molar-refractivity contribution in [2.24, 2.45) is 0 Å². The number of aromatic nitrogens is 1. The van der Waals surface area contributed by atoms with Crippen LogP contribution in [0.4, 0.5) is 0 Å². The number of hydrogen-bond donors (Lipinski definition) is 0. The molecule has 0 aliphatic carbocycles. The molecule has 0 saturated carbocycles. The van der Waals surface area contributed by atoms with Crippen LogP contribution in [0.25, 0.3) is 11.1 Å². The first kappa shape index (κ1) is 19.8. The summed E-state index contributed by atoms with van der Waals surface area (Å²) in [6.45, 7) is 2.65. The van der Waals surface area contributed by atoms with Gasteiger partial charge in [0.1, 0.15) is 17.2 Å². The minimum atomic E-state index is 0.0247. The highest BCUT2D eigenvalue weighted by Gasteiger charge is 2.29. The van der Waals surface area contributed by atoms with Crippen molar-refractivity contribution < 1.29 is 18.7 Å². The molecule has 1 saturated heterocycles. The predicted molar refractivity (Wildman–Crippen MR) is 116 cm³/mol. The Labute approximate surface area is 181 Å². The van der Waals surface area contributed by atoms with Crippen LogP contribution in [0.2, 0.25) is 0 Å². The number of amides is 1. The molecule has 3 aromatic rings. The summed E-state index contributed by atoms with van der Waals surface area (Å²) in [6.07, 6.45) is 2.59. The topological polar surface area (TPSA) is 64.8 Å². The van der Waals surface area contributed by atoms with E-state index >= 15 is 0 Å². The monoisotopic (exact) mass is 418 g/mol. The molecule has 0 unspecified atom stereocenters. The van der Waals surface area contributed by atoms with Crippen molar-refractivity contribution in [2.45, 2.75) is 31.7 Å². The van der Waals surface area contributed by atoms with Crippen molar-refractivity contribution in [3.63, 3.8) is 0 Å². The highest BCUT2D eigenvalue weighted by Crippen LogP contribution is 2.31. The Kier molecular flexibility index (Phi) is 5.47. The second-order valence-corrected chi connectivity index (χ2v) is 8.09. The number of nitrogens with zero attached hydrogens (tertiary/aromatic N) is 2. The van der Waals surface area contributed by atoms with E-state index < -0.39 is 0 Å². The molecule has 0 atom stereocenters. The van der Waals surface area contributed by atoms with Crippen LogP contribution < -0.4 is 4.74 Å². The number of ether oxygens (including phenoxy) is 2. The summed E-state index contributed by atoms with van der Waals surface area (Å²) in [4.78, 5) is 19.9. The largest absolute Gasteiger partial charge is 0.497 e. The van der Waals surface area contributed by atoms with Crippen LogP contribution in [-0.2, 0) is 17.7 Å². The van der Waals surface area contributed by atoms with Crippen LogP contribution >= 0.6 is 0 Å². The number of carbonyl (C=O) groups excluding carboxylic acids is 1. The standard InChI is InChI=1S/C25H26N2O4/c1-29-21-7-5-17(6-8-21)19-3-2-4-20(15-19)25(28)27-12-9-23-22(16-27)26-24(31-23)18-10-13-30-14-11-18/h2-8,15,18H,9-14,16H2,1H3. The average molecular weight is 418 g/mol. The van der Waals surface area contributed by atoms with E-state index in [4.69, 9.17) is 18.9 Å². The number of fused-ring (bicyclic) bond motifs is 1. The molecule has 0 bridgehead atoms. The number of benzene rings is 2. The third-order valence-electron chi connectivity index (χ3n) is 6.13. The lowest BCUT2D eigenvalue weighted by atomic mass is 10.0. The summed E-state index contributed by atoms with van der Waals surface area (Å²) in [6, 6.07) is 15.6. The van der Waals surface area contributed by atoms with Gasteiger partial charge in [-0.3, -0.25) is 4.79 Å². The first-order valence-electron chi connectivity index (χ1n) is 10.8. The zero-order valence-corrected chi connectivity index (χ0v) is 17.7. The third-order valence-corrected chi connectivity index (χ3v) is 6.13. The second kappa shape index (κ2) is 8.55. The minimum Gasteiger partial charge on any atom is -0.497 e. The van der Waals surface area contributed by atoms with Crippen LogP contribution in [0.1, 0.15) is 46.5 Å². The first-order chi connectivity index (χ1) is 15.2. The van der Waals surface area contributed by atoms with Gasteiger partial charge < -0.3 is 18.8 Å². The summed E-state index contributed by atoms with van der Waals surface area (Å²) < 4.78 is 16.7. The molecule has 2 aliphatic rings. The van der Waals surface area contributed by atoms with Gasteiger partial charge in [0.2, 0.25) is 0 Å². The number of carbonyl (C=O) groups is 1. The second-order valence-electron chi connectivity index (χ2n) is 8.09. The van der Waals surface area contributed by atoms with E-state index in [1.807, 2.05) is 53.4 Å². The molecule has 31 heavy (non-hydrogen) atoms. The van der Waals surface area contributed by atoms with Crippen molar-refractivity contribution in [1.29, 1.82) is 0 Å². The molecule has 1 amide bonds. The Balaban J connectivity index is 1.32. The van der Waals surface area contributed by atoms with Crippen LogP contribution in [0.5, 0.6) is 5.75 Å². The molecule has 3 heterocycles. The molecule has 160 valence electrons. The smallest absolute Gasteiger partial charge is 0.254 e. The van der Waals surface area contributed by atoms with E-state index in [1.165, 1.54) is 0 Å². The maximum Gasteiger partial charge on any atom is 0.254 e. The lowest BCUT2D eigenvalue weighted by Crippen LogP contribution is -2.35. The van der Waals surface area contributed by atoms with Crippen molar-refractivity contribution in [3.8, 4) is 16.9 Å². The molecule has 0 N–H and O–H groups in total. The average Bonchev–Trinajstić information content (AvgIpc) is 3.28. The van der Waals surface area contributed by atoms with Gasteiger partial charge in [-0.1, -0.05) is 24.3 Å². The zero-order chi connectivity index (χ0) is 21.2. The summed E-state index contributed by atoms with van der Waals surface area (Å²) in [7, 11) is 1.65. The molecule has 2 aliphatic heterocycles. The predicted octanol–water partition coefficient (Wildman–Crippen LogP) is 4.44. The quantitative estimate of drug-likeness (QED) is 0.627. The van der Waals surface area contributed by atoms with Gasteiger partial charge in [-0.15, -0.1) is 0 Å². The number of hydrogen-bond acceptors (Lipinski definition) is 5. The highest BCUT2D eigenvalue weighted by atomic mass is 16.5. The van der Waals surface area contributed by atoms with Gasteiger partial charge in [-0.05, 0) is 48.2 Å². The lowest BCUT2D eigenvalue weighted by molar-refractivity contribution is 0.0726. The fraction of sp³-hybridized carbons (Fsp3) is 0.360. The molecule has 6 nitrogen and oxygen atoms in total. The van der Waals surface area contributed by atoms with Crippen LogP contribution in [0, 0.1) is 0 Å². The SMILES string of the molecule is COc1ccc(-c2cccc(C(=O)N3CCc4oc(C5CCOCC5)nc4C3)c2)cc1. The van der Waals surface area contributed by atoms with E-state index in [1.54, 1.807) is 7.11 Å².